The molecule has 1 aromatic heterocycles. The molecule has 2 aromatic carbocycles. The minimum absolute atomic E-state index is 0.140. The lowest BCUT2D eigenvalue weighted by atomic mass is 10.1. The van der Waals surface area contributed by atoms with Crippen molar-refractivity contribution in [2.75, 3.05) is 6.61 Å². The van der Waals surface area contributed by atoms with E-state index in [0.29, 0.717) is 22.4 Å². The second kappa shape index (κ2) is 8.68. The molecule has 3 aromatic rings. The maximum atomic E-state index is 12.0. The molecule has 0 radical (unpaired) electrons. The molecule has 0 bridgehead atoms. The molecule has 0 saturated carbocycles. The number of thiocarbonyl (C=S) groups is 1. The van der Waals surface area contributed by atoms with Crippen molar-refractivity contribution in [2.24, 2.45) is 0 Å². The number of allylic oxidation sites excluding steroid dienone is 1. The molecule has 1 saturated heterocycles. The van der Waals surface area contributed by atoms with Gasteiger partial charge in [0.05, 0.1) is 11.4 Å². The van der Waals surface area contributed by atoms with Gasteiger partial charge in [0.15, 0.2) is 0 Å². The topological polar surface area (TPSA) is 43.3 Å². The molecule has 0 spiro atoms. The number of thioether (sulfide) groups is 1. The number of nitrogens with zero attached hydrogens (tertiary/aromatic N) is 1. The van der Waals surface area contributed by atoms with Crippen molar-refractivity contribution in [2.45, 2.75) is 13.0 Å². The number of hydrogen-bond acceptors (Lipinski definition) is 4. The van der Waals surface area contributed by atoms with E-state index in [4.69, 9.17) is 17.0 Å². The van der Waals surface area contributed by atoms with Crippen molar-refractivity contribution < 1.29 is 9.53 Å². The number of nitrogens with one attached hydrogen (secondary N) is 1. The number of carbonyl (C=O) groups excluding carboxylic acids is 1. The average molecular weight is 421 g/mol. The standard InChI is InChI=1S/C23H20N2O2S2/c1-2-7-16-8-3-6-11-20(16)27-13-12-25-15-17(18-9-4-5-10-19(18)25)14-21-22(26)24-23(28)29-21/h2-6,8-11,14-15H,1,7,12-13H2,(H,24,26,28)/b21-14+. The highest BCUT2D eigenvalue weighted by Crippen LogP contribution is 2.30. The molecule has 1 fully saturated rings. The van der Waals surface area contributed by atoms with Crippen LogP contribution in [0.15, 0.2) is 72.3 Å². The van der Waals surface area contributed by atoms with Gasteiger partial charge < -0.3 is 14.6 Å². The Labute approximate surface area is 179 Å². The lowest BCUT2D eigenvalue weighted by Crippen LogP contribution is -2.17. The Hall–Kier alpha value is -2.83. The first-order valence-electron chi connectivity index (χ1n) is 9.30. The van der Waals surface area contributed by atoms with Crippen LogP contribution in [0.3, 0.4) is 0 Å². The predicted molar refractivity (Wildman–Crippen MR) is 124 cm³/mol. The van der Waals surface area contributed by atoms with Crippen LogP contribution in [0.1, 0.15) is 11.1 Å². The SMILES string of the molecule is C=CCc1ccccc1OCCn1cc(/C=C2/SC(=S)NC2=O)c2ccccc21. The van der Waals surface area contributed by atoms with Gasteiger partial charge >= 0.3 is 0 Å². The van der Waals surface area contributed by atoms with E-state index < -0.39 is 0 Å². The Bertz CT molecular complexity index is 1130. The Kier molecular flexibility index (Phi) is 5.83. The zero-order valence-corrected chi connectivity index (χ0v) is 17.4. The molecule has 1 aliphatic rings. The van der Waals surface area contributed by atoms with Gasteiger partial charge in [-0.05, 0) is 30.2 Å². The largest absolute Gasteiger partial charge is 0.491 e. The van der Waals surface area contributed by atoms with Crippen LogP contribution in [0, 0.1) is 0 Å². The van der Waals surface area contributed by atoms with E-state index in [-0.39, 0.29) is 5.91 Å². The zero-order valence-electron chi connectivity index (χ0n) is 15.8. The normalized spacial score (nSPS) is 15.1. The fourth-order valence-corrected chi connectivity index (χ4v) is 4.40. The van der Waals surface area contributed by atoms with Crippen LogP contribution in [-0.2, 0) is 17.8 Å². The predicted octanol–water partition coefficient (Wildman–Crippen LogP) is 4.94. The van der Waals surface area contributed by atoms with Gasteiger partial charge in [-0.2, -0.15) is 0 Å². The van der Waals surface area contributed by atoms with E-state index in [1.807, 2.05) is 42.5 Å². The number of benzene rings is 2. The molecule has 1 aliphatic heterocycles. The third-order valence-electron chi connectivity index (χ3n) is 4.67. The summed E-state index contributed by atoms with van der Waals surface area (Å²) in [6.45, 7) is 5.05. The number of rotatable bonds is 7. The first kappa shape index (κ1) is 19.5. The van der Waals surface area contributed by atoms with Crippen molar-refractivity contribution in [1.29, 1.82) is 0 Å². The summed E-state index contributed by atoms with van der Waals surface area (Å²) in [4.78, 5) is 12.6. The van der Waals surface area contributed by atoms with Gasteiger partial charge in [0, 0.05) is 22.7 Å². The molecule has 0 unspecified atom stereocenters. The van der Waals surface area contributed by atoms with Gasteiger partial charge in [-0.25, -0.2) is 0 Å². The highest BCUT2D eigenvalue weighted by atomic mass is 32.2. The van der Waals surface area contributed by atoms with E-state index in [0.717, 1.165) is 34.2 Å². The Morgan fingerprint density at radius 3 is 2.76 bits per heavy atom. The summed E-state index contributed by atoms with van der Waals surface area (Å²) in [6, 6.07) is 16.2. The van der Waals surface area contributed by atoms with E-state index in [1.54, 1.807) is 0 Å². The van der Waals surface area contributed by atoms with Gasteiger partial charge in [-0.15, -0.1) is 6.58 Å². The van der Waals surface area contributed by atoms with Crippen LogP contribution in [0.5, 0.6) is 5.75 Å². The molecule has 1 N–H and O–H groups in total. The molecule has 4 nitrogen and oxygen atoms in total. The fraction of sp³-hybridized carbons (Fsp3) is 0.130. The molecule has 0 atom stereocenters. The van der Waals surface area contributed by atoms with Crippen molar-refractivity contribution in [3.8, 4) is 5.75 Å². The fourth-order valence-electron chi connectivity index (χ4n) is 3.36. The van der Waals surface area contributed by atoms with Crippen LogP contribution < -0.4 is 10.1 Å². The number of ether oxygens (including phenoxy) is 1. The van der Waals surface area contributed by atoms with Crippen molar-refractivity contribution in [1.82, 2.24) is 9.88 Å². The van der Waals surface area contributed by atoms with Crippen LogP contribution in [0.2, 0.25) is 0 Å². The van der Waals surface area contributed by atoms with Crippen molar-refractivity contribution in [3.05, 3.63) is 83.4 Å². The molecule has 2 heterocycles. The van der Waals surface area contributed by atoms with Gasteiger partial charge in [0.1, 0.15) is 16.7 Å². The molecule has 146 valence electrons. The second-order valence-electron chi connectivity index (χ2n) is 6.60. The highest BCUT2D eigenvalue weighted by Gasteiger charge is 2.22. The quantitative estimate of drug-likeness (QED) is 0.334. The van der Waals surface area contributed by atoms with E-state index in [2.05, 4.69) is 40.9 Å². The smallest absolute Gasteiger partial charge is 0.263 e. The van der Waals surface area contributed by atoms with E-state index in [1.165, 1.54) is 11.8 Å². The maximum Gasteiger partial charge on any atom is 0.263 e. The number of para-hydroxylation sites is 2. The highest BCUT2D eigenvalue weighted by molar-refractivity contribution is 8.26. The number of amides is 1. The minimum atomic E-state index is -0.140. The van der Waals surface area contributed by atoms with Gasteiger partial charge in [-0.3, -0.25) is 4.79 Å². The summed E-state index contributed by atoms with van der Waals surface area (Å²) in [5, 5.41) is 3.76. The summed E-state index contributed by atoms with van der Waals surface area (Å²) in [7, 11) is 0. The third kappa shape index (κ3) is 4.28. The van der Waals surface area contributed by atoms with Crippen molar-refractivity contribution >= 4 is 51.2 Å². The van der Waals surface area contributed by atoms with Crippen LogP contribution in [0.25, 0.3) is 17.0 Å². The monoisotopic (exact) mass is 420 g/mol. The summed E-state index contributed by atoms with van der Waals surface area (Å²) in [5.41, 5.74) is 3.23. The molecular weight excluding hydrogens is 400 g/mol. The Morgan fingerprint density at radius 2 is 1.97 bits per heavy atom. The van der Waals surface area contributed by atoms with Crippen molar-refractivity contribution in [3.63, 3.8) is 0 Å². The van der Waals surface area contributed by atoms with E-state index >= 15 is 0 Å². The number of hydrogen-bond donors (Lipinski definition) is 1. The van der Waals surface area contributed by atoms with Crippen LogP contribution in [0.4, 0.5) is 0 Å². The number of carbonyl (C=O) groups is 1. The van der Waals surface area contributed by atoms with Crippen LogP contribution in [-0.4, -0.2) is 21.4 Å². The molecular formula is C23H20N2O2S2. The first-order chi connectivity index (χ1) is 14.2. The first-order valence-corrected chi connectivity index (χ1v) is 10.5. The lowest BCUT2D eigenvalue weighted by Gasteiger charge is -2.11. The average Bonchev–Trinajstić information content (AvgIpc) is 3.23. The number of fused-ring (bicyclic) bond motifs is 1. The van der Waals surface area contributed by atoms with Gasteiger partial charge in [0.2, 0.25) is 0 Å². The Morgan fingerprint density at radius 1 is 1.17 bits per heavy atom. The molecule has 4 rings (SSSR count). The zero-order chi connectivity index (χ0) is 20.2. The second-order valence-corrected chi connectivity index (χ2v) is 8.32. The summed E-state index contributed by atoms with van der Waals surface area (Å²) in [5.74, 6) is 0.748. The maximum absolute atomic E-state index is 12.0. The molecule has 29 heavy (non-hydrogen) atoms. The molecule has 1 amide bonds. The number of aromatic nitrogens is 1. The van der Waals surface area contributed by atoms with Gasteiger partial charge in [0.25, 0.3) is 5.91 Å². The molecule has 6 heteroatoms. The summed E-state index contributed by atoms with van der Waals surface area (Å²) < 4.78 is 8.70. The van der Waals surface area contributed by atoms with Crippen LogP contribution >= 0.6 is 24.0 Å². The summed E-state index contributed by atoms with van der Waals surface area (Å²) >= 11 is 6.38. The Balaban J connectivity index is 1.56. The van der Waals surface area contributed by atoms with Gasteiger partial charge in [-0.1, -0.05) is 66.5 Å². The summed E-state index contributed by atoms with van der Waals surface area (Å²) in [6.07, 6.45) is 6.62. The lowest BCUT2D eigenvalue weighted by molar-refractivity contribution is -0.115. The van der Waals surface area contributed by atoms with E-state index in [9.17, 15) is 4.79 Å². The molecule has 0 aliphatic carbocycles. The minimum Gasteiger partial charge on any atom is -0.491 e. The third-order valence-corrected chi connectivity index (χ3v) is 5.84.